The summed E-state index contributed by atoms with van der Waals surface area (Å²) < 4.78 is 32.2. The van der Waals surface area contributed by atoms with E-state index in [2.05, 4.69) is 21.2 Å². The molecule has 0 bridgehead atoms. The molecule has 0 aromatic heterocycles. The van der Waals surface area contributed by atoms with Crippen molar-refractivity contribution < 1.29 is 13.5 Å². The molecule has 0 radical (unpaired) electrons. The molecule has 2 rings (SSSR count). The number of nitrogens with one attached hydrogen (secondary N) is 1. The van der Waals surface area contributed by atoms with Gasteiger partial charge in [0.15, 0.2) is 11.6 Å². The molecule has 0 aliphatic heterocycles. The molecule has 1 fully saturated rings. The molecule has 1 aliphatic rings. The Labute approximate surface area is 120 Å². The molecule has 19 heavy (non-hydrogen) atoms. The van der Waals surface area contributed by atoms with Crippen LogP contribution in [0.2, 0.25) is 0 Å². The average Bonchev–Trinajstić information content (AvgIpc) is 2.87. The largest absolute Gasteiger partial charge is 0.489 e. The van der Waals surface area contributed by atoms with Crippen LogP contribution < -0.4 is 10.1 Å². The maximum atomic E-state index is 13.4. The third-order valence-electron chi connectivity index (χ3n) is 3.40. The van der Waals surface area contributed by atoms with E-state index in [1.165, 1.54) is 31.7 Å². The highest BCUT2D eigenvalue weighted by Gasteiger charge is 2.14. The van der Waals surface area contributed by atoms with Crippen molar-refractivity contribution in [2.75, 3.05) is 19.7 Å². The van der Waals surface area contributed by atoms with E-state index in [1.54, 1.807) is 0 Å². The molecule has 0 saturated heterocycles. The van der Waals surface area contributed by atoms with Crippen LogP contribution in [0.5, 0.6) is 5.75 Å². The molecule has 1 aromatic carbocycles. The molecular weight excluding hydrogens is 316 g/mol. The number of rotatable bonds is 6. The Morgan fingerprint density at radius 1 is 1.26 bits per heavy atom. The van der Waals surface area contributed by atoms with Crippen LogP contribution in [0.25, 0.3) is 0 Å². The Hall–Kier alpha value is -0.680. The maximum absolute atomic E-state index is 13.4. The zero-order valence-electron chi connectivity index (χ0n) is 10.7. The zero-order chi connectivity index (χ0) is 13.7. The summed E-state index contributed by atoms with van der Waals surface area (Å²) in [5, 5.41) is 3.29. The molecule has 0 atom stereocenters. The number of benzene rings is 1. The summed E-state index contributed by atoms with van der Waals surface area (Å²) in [6, 6.07) is 2.52. The minimum absolute atomic E-state index is 0.0467. The molecule has 0 spiro atoms. The van der Waals surface area contributed by atoms with Crippen molar-refractivity contribution in [3.05, 3.63) is 28.2 Å². The number of ether oxygens (including phenoxy) is 1. The first-order chi connectivity index (χ1) is 9.16. The van der Waals surface area contributed by atoms with Crippen molar-refractivity contribution in [1.82, 2.24) is 5.32 Å². The predicted octanol–water partition coefficient (Wildman–Crippen LogP) is 3.89. The first-order valence-corrected chi connectivity index (χ1v) is 7.44. The minimum atomic E-state index is -0.931. The fourth-order valence-corrected chi connectivity index (χ4v) is 2.80. The van der Waals surface area contributed by atoms with Crippen LogP contribution in [-0.2, 0) is 0 Å². The van der Waals surface area contributed by atoms with E-state index in [9.17, 15) is 8.78 Å². The van der Waals surface area contributed by atoms with E-state index >= 15 is 0 Å². The Morgan fingerprint density at radius 2 is 2.00 bits per heavy atom. The molecule has 106 valence electrons. The molecule has 0 heterocycles. The summed E-state index contributed by atoms with van der Waals surface area (Å²) in [7, 11) is 0. The van der Waals surface area contributed by atoms with Crippen molar-refractivity contribution in [3.63, 3.8) is 0 Å². The highest BCUT2D eigenvalue weighted by Crippen LogP contribution is 2.25. The van der Waals surface area contributed by atoms with E-state index < -0.39 is 11.6 Å². The number of hydrogen-bond acceptors (Lipinski definition) is 2. The standard InChI is InChI=1S/C14H18BrF2NO/c15-11-7-12(16)14(17)13(8-11)19-6-5-18-9-10-3-1-2-4-10/h7-8,10,18H,1-6,9H2. The molecule has 1 aliphatic carbocycles. The van der Waals surface area contributed by atoms with E-state index in [0.29, 0.717) is 17.6 Å². The molecule has 1 aromatic rings. The van der Waals surface area contributed by atoms with Crippen LogP contribution >= 0.6 is 15.9 Å². The van der Waals surface area contributed by atoms with Crippen molar-refractivity contribution >= 4 is 15.9 Å². The summed E-state index contributed by atoms with van der Waals surface area (Å²) in [6.45, 7) is 1.96. The normalized spacial score (nSPS) is 15.9. The monoisotopic (exact) mass is 333 g/mol. The lowest BCUT2D eigenvalue weighted by molar-refractivity contribution is 0.289. The van der Waals surface area contributed by atoms with Gasteiger partial charge in [0.2, 0.25) is 5.82 Å². The molecule has 1 N–H and O–H groups in total. The van der Waals surface area contributed by atoms with Crippen LogP contribution in [0, 0.1) is 17.6 Å². The van der Waals surface area contributed by atoms with Crippen LogP contribution in [0.3, 0.4) is 0 Å². The average molecular weight is 334 g/mol. The summed E-state index contributed by atoms with van der Waals surface area (Å²) in [5.74, 6) is -1.11. The third-order valence-corrected chi connectivity index (χ3v) is 3.86. The lowest BCUT2D eigenvalue weighted by Crippen LogP contribution is -2.26. The van der Waals surface area contributed by atoms with Gasteiger partial charge in [-0.15, -0.1) is 0 Å². The maximum Gasteiger partial charge on any atom is 0.200 e. The van der Waals surface area contributed by atoms with Crippen LogP contribution in [0.15, 0.2) is 16.6 Å². The predicted molar refractivity (Wildman–Crippen MR) is 74.4 cm³/mol. The van der Waals surface area contributed by atoms with E-state index in [-0.39, 0.29) is 5.75 Å². The van der Waals surface area contributed by atoms with Crippen LogP contribution in [0.1, 0.15) is 25.7 Å². The van der Waals surface area contributed by atoms with Crippen molar-refractivity contribution in [3.8, 4) is 5.75 Å². The van der Waals surface area contributed by atoms with Gasteiger partial charge in [-0.25, -0.2) is 4.39 Å². The van der Waals surface area contributed by atoms with Crippen LogP contribution in [-0.4, -0.2) is 19.7 Å². The van der Waals surface area contributed by atoms with Gasteiger partial charge in [0.25, 0.3) is 0 Å². The highest BCUT2D eigenvalue weighted by atomic mass is 79.9. The lowest BCUT2D eigenvalue weighted by Gasteiger charge is -2.12. The second-order valence-electron chi connectivity index (χ2n) is 4.90. The van der Waals surface area contributed by atoms with Gasteiger partial charge in [-0.1, -0.05) is 28.8 Å². The van der Waals surface area contributed by atoms with E-state index in [0.717, 1.165) is 18.5 Å². The van der Waals surface area contributed by atoms with Gasteiger partial charge in [0.1, 0.15) is 6.61 Å². The fourth-order valence-electron chi connectivity index (χ4n) is 2.39. The van der Waals surface area contributed by atoms with Crippen molar-refractivity contribution in [2.45, 2.75) is 25.7 Å². The van der Waals surface area contributed by atoms with E-state index in [1.807, 2.05) is 0 Å². The van der Waals surface area contributed by atoms with Gasteiger partial charge in [0.05, 0.1) is 0 Å². The molecular formula is C14H18BrF2NO. The molecule has 0 amide bonds. The Balaban J connectivity index is 1.70. The minimum Gasteiger partial charge on any atom is -0.489 e. The Morgan fingerprint density at radius 3 is 2.74 bits per heavy atom. The quantitative estimate of drug-likeness (QED) is 0.630. The van der Waals surface area contributed by atoms with E-state index in [4.69, 9.17) is 4.74 Å². The van der Waals surface area contributed by atoms with Gasteiger partial charge in [-0.3, -0.25) is 0 Å². The lowest BCUT2D eigenvalue weighted by atomic mass is 10.1. The molecule has 5 heteroatoms. The third kappa shape index (κ3) is 4.42. The fraction of sp³-hybridized carbons (Fsp3) is 0.571. The topological polar surface area (TPSA) is 21.3 Å². The Bertz CT molecular complexity index is 422. The summed E-state index contributed by atoms with van der Waals surface area (Å²) >= 11 is 3.11. The first kappa shape index (κ1) is 14.7. The summed E-state index contributed by atoms with van der Waals surface area (Å²) in [6.07, 6.45) is 5.23. The smallest absolute Gasteiger partial charge is 0.200 e. The number of hydrogen-bond donors (Lipinski definition) is 1. The van der Waals surface area contributed by atoms with Gasteiger partial charge >= 0.3 is 0 Å². The summed E-state index contributed by atoms with van der Waals surface area (Å²) in [4.78, 5) is 0. The van der Waals surface area contributed by atoms with Crippen LogP contribution in [0.4, 0.5) is 8.78 Å². The first-order valence-electron chi connectivity index (χ1n) is 6.65. The molecule has 0 unspecified atom stereocenters. The second kappa shape index (κ2) is 7.20. The van der Waals surface area contributed by atoms with Crippen molar-refractivity contribution in [1.29, 1.82) is 0 Å². The van der Waals surface area contributed by atoms with Gasteiger partial charge in [0, 0.05) is 11.0 Å². The van der Waals surface area contributed by atoms with Crippen molar-refractivity contribution in [2.24, 2.45) is 5.92 Å². The molecule has 2 nitrogen and oxygen atoms in total. The molecule has 1 saturated carbocycles. The second-order valence-corrected chi connectivity index (χ2v) is 5.82. The van der Waals surface area contributed by atoms with Gasteiger partial charge in [-0.05, 0) is 37.4 Å². The highest BCUT2D eigenvalue weighted by molar-refractivity contribution is 9.10. The number of halogens is 3. The Kier molecular flexibility index (Phi) is 5.58. The van der Waals surface area contributed by atoms with Gasteiger partial charge in [-0.2, -0.15) is 4.39 Å². The van der Waals surface area contributed by atoms with Gasteiger partial charge < -0.3 is 10.1 Å². The summed E-state index contributed by atoms with van der Waals surface area (Å²) in [5.41, 5.74) is 0. The zero-order valence-corrected chi connectivity index (χ0v) is 12.3. The SMILES string of the molecule is Fc1cc(Br)cc(OCCNCC2CCCC2)c1F.